The van der Waals surface area contributed by atoms with Crippen LogP contribution in [0.2, 0.25) is 0 Å². The molecule has 1 unspecified atom stereocenters. The summed E-state index contributed by atoms with van der Waals surface area (Å²) in [6.45, 7) is 4.11. The summed E-state index contributed by atoms with van der Waals surface area (Å²) in [5.41, 5.74) is 0.902. The van der Waals surface area contributed by atoms with E-state index in [4.69, 9.17) is 9.84 Å². The number of aromatic carboxylic acids is 1. The summed E-state index contributed by atoms with van der Waals surface area (Å²) in [7, 11) is 0. The minimum Gasteiger partial charge on any atom is -0.478 e. The summed E-state index contributed by atoms with van der Waals surface area (Å²) in [6.07, 6.45) is 2.13. The van der Waals surface area contributed by atoms with Crippen molar-refractivity contribution in [3.8, 4) is 5.88 Å². The van der Waals surface area contributed by atoms with E-state index in [0.717, 1.165) is 12.8 Å². The van der Waals surface area contributed by atoms with Gasteiger partial charge >= 0.3 is 5.97 Å². The minimum absolute atomic E-state index is 0.109. The summed E-state index contributed by atoms with van der Waals surface area (Å²) >= 11 is 0. The topological polar surface area (TPSA) is 59.4 Å². The van der Waals surface area contributed by atoms with Crippen molar-refractivity contribution >= 4 is 16.9 Å². The van der Waals surface area contributed by atoms with E-state index < -0.39 is 5.97 Å². The van der Waals surface area contributed by atoms with Crippen LogP contribution in [0.15, 0.2) is 30.3 Å². The first-order valence-electron chi connectivity index (χ1n) is 6.41. The van der Waals surface area contributed by atoms with Gasteiger partial charge in [-0.2, -0.15) is 0 Å². The first kappa shape index (κ1) is 13.3. The number of hydrogen-bond acceptors (Lipinski definition) is 3. The molecule has 0 aliphatic carbocycles. The van der Waals surface area contributed by atoms with Gasteiger partial charge in [-0.3, -0.25) is 0 Å². The van der Waals surface area contributed by atoms with Gasteiger partial charge in [-0.15, -0.1) is 0 Å². The lowest BCUT2D eigenvalue weighted by molar-refractivity contribution is 0.0699. The summed E-state index contributed by atoms with van der Waals surface area (Å²) in [5, 5.41) is 9.74. The molecular formula is C15H17NO3. The van der Waals surface area contributed by atoms with Crippen molar-refractivity contribution in [3.63, 3.8) is 0 Å². The normalized spacial score (nSPS) is 12.3. The molecule has 0 amide bonds. The van der Waals surface area contributed by atoms with E-state index in [1.165, 1.54) is 0 Å². The fourth-order valence-electron chi connectivity index (χ4n) is 2.06. The Bertz CT molecular complexity index is 595. The molecule has 0 fully saturated rings. The molecule has 0 saturated heterocycles. The summed E-state index contributed by atoms with van der Waals surface area (Å²) in [6, 6.07) is 8.53. The van der Waals surface area contributed by atoms with Gasteiger partial charge in [0.25, 0.3) is 0 Å². The Morgan fingerprint density at radius 1 is 1.37 bits per heavy atom. The van der Waals surface area contributed by atoms with Gasteiger partial charge in [-0.25, -0.2) is 9.78 Å². The molecule has 0 aliphatic rings. The maximum Gasteiger partial charge on any atom is 0.336 e. The number of hydrogen-bond donors (Lipinski definition) is 1. The smallest absolute Gasteiger partial charge is 0.336 e. The van der Waals surface area contributed by atoms with Crippen molar-refractivity contribution in [2.24, 2.45) is 0 Å². The molecule has 100 valence electrons. The third-order valence-corrected chi connectivity index (χ3v) is 2.95. The van der Waals surface area contributed by atoms with Crippen LogP contribution in [-0.4, -0.2) is 22.2 Å². The van der Waals surface area contributed by atoms with Crippen LogP contribution in [-0.2, 0) is 0 Å². The van der Waals surface area contributed by atoms with E-state index in [-0.39, 0.29) is 11.7 Å². The molecule has 1 aromatic carbocycles. The predicted molar refractivity (Wildman–Crippen MR) is 73.7 cm³/mol. The van der Waals surface area contributed by atoms with Gasteiger partial charge in [0, 0.05) is 11.5 Å². The zero-order valence-corrected chi connectivity index (χ0v) is 11.1. The van der Waals surface area contributed by atoms with E-state index in [1.54, 1.807) is 30.3 Å². The third kappa shape index (κ3) is 3.02. The Morgan fingerprint density at radius 3 is 2.84 bits per heavy atom. The highest BCUT2D eigenvalue weighted by atomic mass is 16.5. The lowest BCUT2D eigenvalue weighted by atomic mass is 10.1. The molecule has 4 nitrogen and oxygen atoms in total. The third-order valence-electron chi connectivity index (χ3n) is 2.95. The molecule has 4 heteroatoms. The minimum atomic E-state index is -0.944. The van der Waals surface area contributed by atoms with Crippen LogP contribution in [0, 0.1) is 0 Å². The van der Waals surface area contributed by atoms with Crippen LogP contribution in [0.3, 0.4) is 0 Å². The second kappa shape index (κ2) is 5.69. The van der Waals surface area contributed by atoms with E-state index in [0.29, 0.717) is 16.8 Å². The molecule has 1 aromatic heterocycles. The molecule has 1 atom stereocenters. The van der Waals surface area contributed by atoms with Gasteiger partial charge in [0.2, 0.25) is 5.88 Å². The van der Waals surface area contributed by atoms with Crippen LogP contribution >= 0.6 is 0 Å². The van der Waals surface area contributed by atoms with Crippen molar-refractivity contribution in [1.82, 2.24) is 4.98 Å². The lowest BCUT2D eigenvalue weighted by Crippen LogP contribution is -2.11. The van der Waals surface area contributed by atoms with Crippen molar-refractivity contribution in [2.75, 3.05) is 0 Å². The first-order valence-corrected chi connectivity index (χ1v) is 6.41. The number of nitrogens with zero attached hydrogens (tertiary/aromatic N) is 1. The largest absolute Gasteiger partial charge is 0.478 e. The highest BCUT2D eigenvalue weighted by Gasteiger charge is 2.10. The Labute approximate surface area is 112 Å². The maximum atomic E-state index is 11.1. The number of pyridine rings is 1. The molecule has 1 heterocycles. The van der Waals surface area contributed by atoms with Crippen molar-refractivity contribution in [1.29, 1.82) is 0 Å². The van der Waals surface area contributed by atoms with E-state index >= 15 is 0 Å². The zero-order valence-electron chi connectivity index (χ0n) is 11.1. The van der Waals surface area contributed by atoms with Gasteiger partial charge in [0.1, 0.15) is 0 Å². The SMILES string of the molecule is CCCC(C)Oc1ccc2c(C(=O)O)cccc2n1. The Kier molecular flexibility index (Phi) is 4.00. The molecule has 2 rings (SSSR count). The fraction of sp³-hybridized carbons (Fsp3) is 0.333. The molecule has 0 bridgehead atoms. The standard InChI is InChI=1S/C15H17NO3/c1-3-5-10(2)19-14-9-8-11-12(15(17)18)6-4-7-13(11)16-14/h4,6-10H,3,5H2,1-2H3,(H,17,18). The Hall–Kier alpha value is -2.10. The predicted octanol–water partition coefficient (Wildman–Crippen LogP) is 3.50. The zero-order chi connectivity index (χ0) is 13.8. The molecule has 0 saturated carbocycles. The summed E-state index contributed by atoms with van der Waals surface area (Å²) in [5.74, 6) is -0.406. The van der Waals surface area contributed by atoms with Crippen LogP contribution in [0.1, 0.15) is 37.0 Å². The average molecular weight is 259 g/mol. The first-order chi connectivity index (χ1) is 9.11. The Morgan fingerprint density at radius 2 is 2.16 bits per heavy atom. The van der Waals surface area contributed by atoms with Gasteiger partial charge < -0.3 is 9.84 Å². The van der Waals surface area contributed by atoms with Gasteiger partial charge in [-0.1, -0.05) is 19.4 Å². The number of fused-ring (bicyclic) bond motifs is 1. The lowest BCUT2D eigenvalue weighted by Gasteiger charge is -2.13. The van der Waals surface area contributed by atoms with Crippen molar-refractivity contribution in [2.45, 2.75) is 32.8 Å². The second-order valence-corrected chi connectivity index (χ2v) is 4.54. The van der Waals surface area contributed by atoms with E-state index in [9.17, 15) is 4.79 Å². The molecule has 2 aromatic rings. The van der Waals surface area contributed by atoms with Gasteiger partial charge in [0.15, 0.2) is 0 Å². The van der Waals surface area contributed by atoms with Crippen LogP contribution in [0.4, 0.5) is 0 Å². The van der Waals surface area contributed by atoms with Gasteiger partial charge in [0.05, 0.1) is 17.2 Å². The van der Waals surface area contributed by atoms with Crippen molar-refractivity contribution in [3.05, 3.63) is 35.9 Å². The number of carboxylic acid groups (broad SMARTS) is 1. The average Bonchev–Trinajstić information content (AvgIpc) is 2.37. The maximum absolute atomic E-state index is 11.1. The highest BCUT2D eigenvalue weighted by molar-refractivity contribution is 6.02. The number of ether oxygens (including phenoxy) is 1. The van der Waals surface area contributed by atoms with E-state index in [2.05, 4.69) is 11.9 Å². The number of carboxylic acids is 1. The molecule has 0 spiro atoms. The molecule has 1 N–H and O–H groups in total. The van der Waals surface area contributed by atoms with Crippen LogP contribution < -0.4 is 4.74 Å². The number of carbonyl (C=O) groups is 1. The number of benzene rings is 1. The van der Waals surface area contributed by atoms with Crippen molar-refractivity contribution < 1.29 is 14.6 Å². The number of rotatable bonds is 5. The molecule has 0 aliphatic heterocycles. The fourth-order valence-corrected chi connectivity index (χ4v) is 2.06. The quantitative estimate of drug-likeness (QED) is 0.892. The van der Waals surface area contributed by atoms with E-state index in [1.807, 2.05) is 6.92 Å². The monoisotopic (exact) mass is 259 g/mol. The Balaban J connectivity index is 2.34. The molecule has 19 heavy (non-hydrogen) atoms. The molecule has 0 radical (unpaired) electrons. The summed E-state index contributed by atoms with van der Waals surface area (Å²) in [4.78, 5) is 15.5. The highest BCUT2D eigenvalue weighted by Crippen LogP contribution is 2.21. The summed E-state index contributed by atoms with van der Waals surface area (Å²) < 4.78 is 5.70. The van der Waals surface area contributed by atoms with Gasteiger partial charge in [-0.05, 0) is 31.5 Å². The number of aromatic nitrogens is 1. The molecular weight excluding hydrogens is 242 g/mol. The van der Waals surface area contributed by atoms with Crippen LogP contribution in [0.25, 0.3) is 10.9 Å². The van der Waals surface area contributed by atoms with Crippen LogP contribution in [0.5, 0.6) is 5.88 Å². The second-order valence-electron chi connectivity index (χ2n) is 4.54.